The normalized spacial score (nSPS) is 16.9. The maximum absolute atomic E-state index is 13.1. The first-order valence-corrected chi connectivity index (χ1v) is 9.57. The molecule has 0 saturated carbocycles. The third kappa shape index (κ3) is 5.36. The molecule has 1 fully saturated rings. The molecule has 27 heavy (non-hydrogen) atoms. The van der Waals surface area contributed by atoms with Crippen molar-refractivity contribution < 1.29 is 13.6 Å². The maximum Gasteiger partial charge on any atom is 0.223 e. The summed E-state index contributed by atoms with van der Waals surface area (Å²) in [6.07, 6.45) is 2.39. The topological polar surface area (TPSA) is 32.3 Å². The number of amides is 1. The molecule has 2 aromatic carbocycles. The number of hydrogen-bond acceptors (Lipinski definition) is 2. The molecule has 0 radical (unpaired) electrons. The highest BCUT2D eigenvalue weighted by Gasteiger charge is 2.26. The van der Waals surface area contributed by atoms with Crippen LogP contribution >= 0.6 is 0 Å². The lowest BCUT2D eigenvalue weighted by molar-refractivity contribution is -0.127. The van der Waals surface area contributed by atoms with Crippen molar-refractivity contribution in [2.24, 2.45) is 5.92 Å². The minimum atomic E-state index is -0.270. The molecule has 2 aromatic rings. The highest BCUT2D eigenvalue weighted by molar-refractivity contribution is 5.79. The smallest absolute Gasteiger partial charge is 0.223 e. The summed E-state index contributed by atoms with van der Waals surface area (Å²) >= 11 is 0. The molecule has 5 heteroatoms. The van der Waals surface area contributed by atoms with Gasteiger partial charge < -0.3 is 5.32 Å². The molecule has 1 saturated heterocycles. The summed E-state index contributed by atoms with van der Waals surface area (Å²) in [5.41, 5.74) is 2.02. The lowest BCUT2D eigenvalue weighted by Gasteiger charge is -2.32. The van der Waals surface area contributed by atoms with Crippen LogP contribution in [0.15, 0.2) is 48.5 Å². The Bertz CT molecular complexity index is 738. The van der Waals surface area contributed by atoms with Gasteiger partial charge >= 0.3 is 0 Å². The summed E-state index contributed by atoms with van der Waals surface area (Å²) in [6, 6.07) is 12.8. The van der Waals surface area contributed by atoms with Crippen LogP contribution in [-0.4, -0.2) is 23.9 Å². The first kappa shape index (κ1) is 19.5. The average Bonchev–Trinajstić information content (AvgIpc) is 2.69. The number of halogens is 2. The van der Waals surface area contributed by atoms with Crippen molar-refractivity contribution in [3.8, 4) is 0 Å². The van der Waals surface area contributed by atoms with Gasteiger partial charge in [0.2, 0.25) is 5.91 Å². The van der Waals surface area contributed by atoms with E-state index in [0.717, 1.165) is 50.0 Å². The Morgan fingerprint density at radius 3 is 2.15 bits per heavy atom. The summed E-state index contributed by atoms with van der Waals surface area (Å²) in [5, 5.41) is 3.12. The molecule has 0 aliphatic carbocycles. The summed E-state index contributed by atoms with van der Waals surface area (Å²) < 4.78 is 26.1. The molecule has 1 heterocycles. The Morgan fingerprint density at radius 1 is 1.04 bits per heavy atom. The Hall–Kier alpha value is -2.27. The fraction of sp³-hybridized carbons (Fsp3) is 0.409. The van der Waals surface area contributed by atoms with Crippen molar-refractivity contribution in [1.29, 1.82) is 0 Å². The zero-order valence-electron chi connectivity index (χ0n) is 15.6. The van der Waals surface area contributed by atoms with E-state index < -0.39 is 0 Å². The first-order chi connectivity index (χ1) is 13.0. The fourth-order valence-electron chi connectivity index (χ4n) is 3.61. The second-order valence-electron chi connectivity index (χ2n) is 7.20. The minimum Gasteiger partial charge on any atom is -0.349 e. The third-order valence-electron chi connectivity index (χ3n) is 5.27. The lowest BCUT2D eigenvalue weighted by atomic mass is 9.94. The molecular formula is C22H26F2N2O. The second kappa shape index (κ2) is 9.09. The molecule has 3 nitrogen and oxygen atoms in total. The number of piperidine rings is 1. The van der Waals surface area contributed by atoms with Gasteiger partial charge in [-0.2, -0.15) is 0 Å². The van der Waals surface area contributed by atoms with E-state index in [1.165, 1.54) is 24.3 Å². The van der Waals surface area contributed by atoms with E-state index in [4.69, 9.17) is 0 Å². The number of carbonyl (C=O) groups excluding carboxylic acids is 1. The predicted octanol–water partition coefficient (Wildman–Crippen LogP) is 4.44. The highest BCUT2D eigenvalue weighted by atomic mass is 19.1. The molecular weight excluding hydrogens is 346 g/mol. The van der Waals surface area contributed by atoms with Crippen LogP contribution in [0.4, 0.5) is 8.78 Å². The number of nitrogens with one attached hydrogen (secondary N) is 1. The van der Waals surface area contributed by atoms with Gasteiger partial charge in [-0.05, 0) is 67.7 Å². The number of rotatable bonds is 6. The third-order valence-corrected chi connectivity index (χ3v) is 5.27. The molecule has 144 valence electrons. The van der Waals surface area contributed by atoms with Crippen LogP contribution in [0.1, 0.15) is 43.4 Å². The van der Waals surface area contributed by atoms with Crippen molar-refractivity contribution in [3.05, 3.63) is 71.3 Å². The van der Waals surface area contributed by atoms with E-state index >= 15 is 0 Å². The fourth-order valence-corrected chi connectivity index (χ4v) is 3.61. The van der Waals surface area contributed by atoms with Crippen LogP contribution in [-0.2, 0) is 11.3 Å². The van der Waals surface area contributed by atoms with Gasteiger partial charge in [0.25, 0.3) is 0 Å². The van der Waals surface area contributed by atoms with Gasteiger partial charge in [0.15, 0.2) is 0 Å². The van der Waals surface area contributed by atoms with Crippen LogP contribution in [0, 0.1) is 17.6 Å². The Balaban J connectivity index is 1.50. The predicted molar refractivity (Wildman–Crippen MR) is 102 cm³/mol. The van der Waals surface area contributed by atoms with Crippen LogP contribution in [0.3, 0.4) is 0 Å². The van der Waals surface area contributed by atoms with Crippen molar-refractivity contribution in [3.63, 3.8) is 0 Å². The number of nitrogens with zero attached hydrogens (tertiary/aromatic N) is 1. The van der Waals surface area contributed by atoms with Gasteiger partial charge in [-0.15, -0.1) is 0 Å². The minimum absolute atomic E-state index is 0.00367. The van der Waals surface area contributed by atoms with Gasteiger partial charge in [0, 0.05) is 12.5 Å². The Morgan fingerprint density at radius 2 is 1.59 bits per heavy atom. The van der Waals surface area contributed by atoms with E-state index in [0.29, 0.717) is 0 Å². The molecule has 3 rings (SSSR count). The van der Waals surface area contributed by atoms with Crippen molar-refractivity contribution >= 4 is 5.91 Å². The van der Waals surface area contributed by atoms with E-state index in [2.05, 4.69) is 10.2 Å². The molecule has 1 atom stereocenters. The van der Waals surface area contributed by atoms with Gasteiger partial charge in [-0.3, -0.25) is 9.69 Å². The summed E-state index contributed by atoms with van der Waals surface area (Å²) in [4.78, 5) is 15.0. The van der Waals surface area contributed by atoms with Gasteiger partial charge in [0.1, 0.15) is 11.6 Å². The van der Waals surface area contributed by atoms with E-state index in [9.17, 15) is 13.6 Å². The number of likely N-dealkylation sites (tertiary alicyclic amines) is 1. The number of hydrogen-bond donors (Lipinski definition) is 1. The molecule has 0 aromatic heterocycles. The Labute approximate surface area is 159 Å². The summed E-state index contributed by atoms with van der Waals surface area (Å²) in [5.74, 6) is -0.411. The monoisotopic (exact) mass is 372 g/mol. The average molecular weight is 372 g/mol. The van der Waals surface area contributed by atoms with Crippen LogP contribution in [0.25, 0.3) is 0 Å². The maximum atomic E-state index is 13.1. The molecule has 1 aliphatic heterocycles. The quantitative estimate of drug-likeness (QED) is 0.813. The highest BCUT2D eigenvalue weighted by Crippen LogP contribution is 2.22. The van der Waals surface area contributed by atoms with E-state index in [1.807, 2.05) is 19.1 Å². The van der Waals surface area contributed by atoms with Gasteiger partial charge in [-0.25, -0.2) is 8.78 Å². The molecule has 1 unspecified atom stereocenters. The van der Waals surface area contributed by atoms with E-state index in [-0.39, 0.29) is 29.5 Å². The van der Waals surface area contributed by atoms with Crippen molar-refractivity contribution in [2.45, 2.75) is 38.8 Å². The van der Waals surface area contributed by atoms with Crippen molar-refractivity contribution in [1.82, 2.24) is 10.2 Å². The molecule has 1 N–H and O–H groups in total. The van der Waals surface area contributed by atoms with Gasteiger partial charge in [-0.1, -0.05) is 31.2 Å². The van der Waals surface area contributed by atoms with Crippen molar-refractivity contribution in [2.75, 3.05) is 13.1 Å². The molecule has 1 aliphatic rings. The summed E-state index contributed by atoms with van der Waals surface area (Å²) in [6.45, 7) is 4.49. The molecule has 1 amide bonds. The first-order valence-electron chi connectivity index (χ1n) is 9.57. The van der Waals surface area contributed by atoms with E-state index in [1.54, 1.807) is 12.1 Å². The standard InChI is InChI=1S/C22H26F2N2O/c1-2-21(17-5-9-20(24)10-6-17)25-22(27)18-11-13-26(14-12-18)15-16-3-7-19(23)8-4-16/h3-10,18,21H,2,11-15H2,1H3,(H,25,27). The van der Waals surface area contributed by atoms with Gasteiger partial charge in [0.05, 0.1) is 6.04 Å². The number of carbonyl (C=O) groups is 1. The largest absolute Gasteiger partial charge is 0.349 e. The molecule has 0 bridgehead atoms. The SMILES string of the molecule is CCC(NC(=O)C1CCN(Cc2ccc(F)cc2)CC1)c1ccc(F)cc1. The Kier molecular flexibility index (Phi) is 6.56. The van der Waals surface area contributed by atoms with Crippen LogP contribution in [0.2, 0.25) is 0 Å². The summed E-state index contributed by atoms with van der Waals surface area (Å²) in [7, 11) is 0. The second-order valence-corrected chi connectivity index (χ2v) is 7.20. The van der Waals surface area contributed by atoms with Crippen LogP contribution < -0.4 is 5.32 Å². The molecule has 0 spiro atoms. The van der Waals surface area contributed by atoms with Crippen LogP contribution in [0.5, 0.6) is 0 Å². The zero-order chi connectivity index (χ0) is 19.2. The zero-order valence-corrected chi connectivity index (χ0v) is 15.6. The number of benzene rings is 2. The lowest BCUT2D eigenvalue weighted by Crippen LogP contribution is -2.41.